The molecule has 1 aromatic carbocycles. The number of aliphatic hydroxyl groups excluding tert-OH is 1. The zero-order valence-corrected chi connectivity index (χ0v) is 25.1. The fraction of sp³-hybridized carbons (Fsp3) is 0.593. The number of hydrogen-bond acceptors (Lipinski definition) is 9. The Hall–Kier alpha value is -3.00. The number of aromatic nitrogens is 1. The van der Waals surface area contributed by atoms with Crippen molar-refractivity contribution in [3.8, 4) is 5.75 Å². The quantitative estimate of drug-likeness (QED) is 0.409. The summed E-state index contributed by atoms with van der Waals surface area (Å²) in [7, 11) is 1.41. The molecule has 0 radical (unpaired) electrons. The minimum absolute atomic E-state index is 0.00704. The number of likely N-dealkylation sites (N-methyl/N-ethyl adjacent to an activating group) is 1. The molecule has 1 aromatic heterocycles. The Labute approximate surface area is 236 Å². The van der Waals surface area contributed by atoms with Crippen LogP contribution in [0.1, 0.15) is 48.5 Å². The van der Waals surface area contributed by atoms with Gasteiger partial charge in [-0.3, -0.25) is 9.59 Å². The lowest BCUT2D eigenvalue weighted by atomic mass is 9.99. The molecule has 2 aromatic rings. The number of benzene rings is 1. The van der Waals surface area contributed by atoms with Crippen LogP contribution in [-0.2, 0) is 14.8 Å². The SMILES string of the molecule is Cc1noc(C)c1S(=O)(=O)N(C)C[C@H]1Oc2ccc(NC(=O)CCCN(C)C)cc2C(=O)N([C@@H](C)CO)C[C@H]1C. The molecule has 2 amide bonds. The number of nitrogens with one attached hydrogen (secondary N) is 1. The summed E-state index contributed by atoms with van der Waals surface area (Å²) in [5.74, 6) is -0.331. The number of carbonyl (C=O) groups excluding carboxylic acids is 2. The number of sulfonamides is 1. The van der Waals surface area contributed by atoms with Crippen molar-refractivity contribution in [1.29, 1.82) is 0 Å². The van der Waals surface area contributed by atoms with Crippen LogP contribution in [0.5, 0.6) is 5.75 Å². The number of aliphatic hydroxyl groups is 1. The number of anilines is 1. The van der Waals surface area contributed by atoms with Crippen molar-refractivity contribution in [3.05, 3.63) is 35.2 Å². The van der Waals surface area contributed by atoms with Crippen LogP contribution >= 0.6 is 0 Å². The summed E-state index contributed by atoms with van der Waals surface area (Å²) in [6.45, 7) is 7.48. The first-order valence-electron chi connectivity index (χ1n) is 13.3. The highest BCUT2D eigenvalue weighted by Gasteiger charge is 2.36. The Kier molecular flexibility index (Phi) is 10.3. The molecule has 3 atom stereocenters. The number of carbonyl (C=O) groups is 2. The summed E-state index contributed by atoms with van der Waals surface area (Å²) in [5.41, 5.74) is 0.941. The topological polar surface area (TPSA) is 146 Å². The van der Waals surface area contributed by atoms with Crippen molar-refractivity contribution < 1.29 is 32.4 Å². The van der Waals surface area contributed by atoms with Crippen molar-refractivity contribution in [3.63, 3.8) is 0 Å². The lowest BCUT2D eigenvalue weighted by molar-refractivity contribution is -0.116. The maximum absolute atomic E-state index is 13.6. The summed E-state index contributed by atoms with van der Waals surface area (Å²) in [6, 6.07) is 4.34. The Bertz CT molecular complexity index is 1290. The molecule has 222 valence electrons. The van der Waals surface area contributed by atoms with Crippen LogP contribution < -0.4 is 10.1 Å². The lowest BCUT2D eigenvalue weighted by Gasteiger charge is -2.38. The molecule has 0 saturated heterocycles. The summed E-state index contributed by atoms with van der Waals surface area (Å²) >= 11 is 0. The van der Waals surface area contributed by atoms with Crippen LogP contribution in [0.4, 0.5) is 5.69 Å². The zero-order chi connectivity index (χ0) is 29.8. The van der Waals surface area contributed by atoms with E-state index in [1.54, 1.807) is 43.9 Å². The molecule has 1 aliphatic heterocycles. The van der Waals surface area contributed by atoms with Crippen molar-refractivity contribution in [2.45, 2.75) is 57.6 Å². The molecule has 40 heavy (non-hydrogen) atoms. The smallest absolute Gasteiger partial charge is 0.258 e. The average molecular weight is 580 g/mol. The Morgan fingerprint density at radius 3 is 2.58 bits per heavy atom. The molecule has 13 heteroatoms. The van der Waals surface area contributed by atoms with E-state index in [2.05, 4.69) is 10.5 Å². The Balaban J connectivity index is 1.91. The highest BCUT2D eigenvalue weighted by molar-refractivity contribution is 7.89. The molecule has 0 saturated carbocycles. The average Bonchev–Trinajstić information content (AvgIpc) is 3.23. The van der Waals surface area contributed by atoms with Gasteiger partial charge in [-0.15, -0.1) is 0 Å². The van der Waals surface area contributed by atoms with Crippen LogP contribution in [0, 0.1) is 19.8 Å². The van der Waals surface area contributed by atoms with Crippen molar-refractivity contribution in [2.75, 3.05) is 52.7 Å². The van der Waals surface area contributed by atoms with Crippen LogP contribution in [0.15, 0.2) is 27.6 Å². The third kappa shape index (κ3) is 7.19. The molecule has 0 fully saturated rings. The van der Waals surface area contributed by atoms with E-state index in [-0.39, 0.29) is 65.1 Å². The maximum Gasteiger partial charge on any atom is 0.258 e. The highest BCUT2D eigenvalue weighted by atomic mass is 32.2. The largest absolute Gasteiger partial charge is 0.488 e. The zero-order valence-electron chi connectivity index (χ0n) is 24.3. The minimum atomic E-state index is -3.93. The van der Waals surface area contributed by atoms with Gasteiger partial charge < -0.3 is 29.5 Å². The summed E-state index contributed by atoms with van der Waals surface area (Å²) < 4.78 is 39.3. The normalized spacial score (nSPS) is 18.8. The second-order valence-corrected chi connectivity index (χ2v) is 12.7. The van der Waals surface area contributed by atoms with Gasteiger partial charge in [-0.25, -0.2) is 8.42 Å². The maximum atomic E-state index is 13.6. The van der Waals surface area contributed by atoms with E-state index in [0.717, 1.165) is 6.54 Å². The van der Waals surface area contributed by atoms with Crippen LogP contribution in [0.3, 0.4) is 0 Å². The fourth-order valence-corrected chi connectivity index (χ4v) is 6.11. The molecule has 2 heterocycles. The van der Waals surface area contributed by atoms with Crippen LogP contribution in [0.2, 0.25) is 0 Å². The molecular formula is C27H41N5O7S. The molecule has 12 nitrogen and oxygen atoms in total. The first-order valence-corrected chi connectivity index (χ1v) is 14.8. The molecule has 0 aliphatic carbocycles. The van der Waals surface area contributed by atoms with Crippen molar-refractivity contribution in [2.24, 2.45) is 5.92 Å². The van der Waals surface area contributed by atoms with Gasteiger partial charge >= 0.3 is 0 Å². The van der Waals surface area contributed by atoms with Gasteiger partial charge in [-0.05, 0) is 66.0 Å². The predicted octanol–water partition coefficient (Wildman–Crippen LogP) is 2.11. The number of ether oxygens (including phenoxy) is 1. The van der Waals surface area contributed by atoms with Crippen molar-refractivity contribution >= 4 is 27.5 Å². The van der Waals surface area contributed by atoms with Crippen molar-refractivity contribution in [1.82, 2.24) is 19.3 Å². The molecule has 0 bridgehead atoms. The molecular weight excluding hydrogens is 538 g/mol. The number of aryl methyl sites for hydroxylation is 2. The third-order valence-corrected chi connectivity index (χ3v) is 9.10. The first kappa shape index (κ1) is 31.5. The van der Waals surface area contributed by atoms with E-state index < -0.39 is 22.2 Å². The molecule has 2 N–H and O–H groups in total. The number of rotatable bonds is 11. The second-order valence-electron chi connectivity index (χ2n) is 10.7. The molecule has 0 spiro atoms. The van der Waals surface area contributed by atoms with Crippen LogP contribution in [0.25, 0.3) is 0 Å². The van der Waals surface area contributed by atoms with Crippen LogP contribution in [-0.4, -0.2) is 104 Å². The van der Waals surface area contributed by atoms with Gasteiger partial charge in [-0.1, -0.05) is 12.1 Å². The van der Waals surface area contributed by atoms with Gasteiger partial charge in [-0.2, -0.15) is 4.31 Å². The first-order chi connectivity index (χ1) is 18.8. The number of fused-ring (bicyclic) bond motifs is 1. The van der Waals surface area contributed by atoms with E-state index >= 15 is 0 Å². The summed E-state index contributed by atoms with van der Waals surface area (Å²) in [5, 5.41) is 16.5. The van der Waals surface area contributed by atoms with Gasteiger partial charge in [0.2, 0.25) is 15.9 Å². The minimum Gasteiger partial charge on any atom is -0.488 e. The number of hydrogen-bond donors (Lipinski definition) is 2. The lowest BCUT2D eigenvalue weighted by Crippen LogP contribution is -2.50. The Morgan fingerprint density at radius 2 is 1.98 bits per heavy atom. The number of nitrogens with zero attached hydrogens (tertiary/aromatic N) is 4. The monoisotopic (exact) mass is 579 g/mol. The second kappa shape index (κ2) is 13.1. The van der Waals surface area contributed by atoms with Gasteiger partial charge in [0.1, 0.15) is 22.4 Å². The van der Waals surface area contributed by atoms with Gasteiger partial charge in [0.15, 0.2) is 5.76 Å². The van der Waals surface area contributed by atoms with E-state index in [1.807, 2.05) is 25.9 Å². The third-order valence-electron chi connectivity index (χ3n) is 7.03. The summed E-state index contributed by atoms with van der Waals surface area (Å²) in [4.78, 5) is 29.7. The standard InChI is InChI=1S/C27H41N5O7S/c1-17-14-32(18(2)16-33)27(35)22-13-21(28-25(34)9-8-12-30(5)6)10-11-23(22)38-24(17)15-31(7)40(36,37)26-19(3)29-39-20(26)4/h10-11,13,17-18,24,33H,8-9,12,14-16H2,1-7H3,(H,28,34)/t17-,18+,24-/m1/s1. The van der Waals surface area contributed by atoms with Gasteiger partial charge in [0.05, 0.1) is 24.8 Å². The van der Waals surface area contributed by atoms with Gasteiger partial charge in [0.25, 0.3) is 5.91 Å². The predicted molar refractivity (Wildman–Crippen MR) is 150 cm³/mol. The Morgan fingerprint density at radius 1 is 1.27 bits per heavy atom. The molecule has 3 rings (SSSR count). The summed E-state index contributed by atoms with van der Waals surface area (Å²) in [6.07, 6.45) is 0.392. The molecule has 0 unspecified atom stereocenters. The molecule has 1 aliphatic rings. The highest BCUT2D eigenvalue weighted by Crippen LogP contribution is 2.31. The number of amides is 2. The van der Waals surface area contributed by atoms with Gasteiger partial charge in [0, 0.05) is 31.6 Å². The van der Waals surface area contributed by atoms with E-state index in [4.69, 9.17) is 9.26 Å². The van der Waals surface area contributed by atoms with E-state index in [9.17, 15) is 23.1 Å². The van der Waals surface area contributed by atoms with E-state index in [0.29, 0.717) is 18.5 Å². The fourth-order valence-electron chi connectivity index (χ4n) is 4.65. The van der Waals surface area contributed by atoms with E-state index in [1.165, 1.54) is 11.4 Å².